The van der Waals surface area contributed by atoms with E-state index in [2.05, 4.69) is 31.6 Å². The summed E-state index contributed by atoms with van der Waals surface area (Å²) in [5.74, 6) is 0. The molecule has 9 nitrogen and oxygen atoms in total. The van der Waals surface area contributed by atoms with Crippen molar-refractivity contribution < 1.29 is 4.74 Å². The van der Waals surface area contributed by atoms with Crippen molar-refractivity contribution in [2.45, 2.75) is 25.7 Å². The van der Waals surface area contributed by atoms with Crippen molar-refractivity contribution in [2.75, 3.05) is 13.7 Å². The van der Waals surface area contributed by atoms with Gasteiger partial charge in [0.25, 0.3) is 0 Å². The minimum Gasteiger partial charge on any atom is -0.383 e. The average Bonchev–Trinajstić information content (AvgIpc) is 3.28. The molecule has 0 unspecified atom stereocenters. The largest absolute Gasteiger partial charge is 0.383 e. The third-order valence-electron chi connectivity index (χ3n) is 4.57. The summed E-state index contributed by atoms with van der Waals surface area (Å²) in [7, 11) is 5.58. The lowest BCUT2D eigenvalue weighted by molar-refractivity contribution is 0.0503. The second-order valence-electron chi connectivity index (χ2n) is 6.51. The Balaban J connectivity index is 1.64. The molecular formula is C16H22N8O. The van der Waals surface area contributed by atoms with Crippen molar-refractivity contribution in [1.82, 2.24) is 39.5 Å². The molecule has 0 aliphatic carbocycles. The summed E-state index contributed by atoms with van der Waals surface area (Å²) in [6.45, 7) is 3.00. The monoisotopic (exact) mass is 342 g/mol. The van der Waals surface area contributed by atoms with Crippen LogP contribution in [0.15, 0.2) is 24.8 Å². The molecule has 132 valence electrons. The summed E-state index contributed by atoms with van der Waals surface area (Å²) in [6.07, 6.45) is 7.77. The molecule has 25 heavy (non-hydrogen) atoms. The Morgan fingerprint density at radius 1 is 1.16 bits per heavy atom. The number of aryl methyl sites for hydroxylation is 2. The highest BCUT2D eigenvalue weighted by Gasteiger charge is 2.30. The molecule has 0 spiro atoms. The summed E-state index contributed by atoms with van der Waals surface area (Å²) >= 11 is 0. The van der Waals surface area contributed by atoms with Gasteiger partial charge >= 0.3 is 0 Å². The Hall–Kier alpha value is -2.52. The third-order valence-corrected chi connectivity index (χ3v) is 4.57. The van der Waals surface area contributed by atoms with Gasteiger partial charge < -0.3 is 4.74 Å². The summed E-state index contributed by atoms with van der Waals surface area (Å²) in [4.78, 5) is 2.40. The van der Waals surface area contributed by atoms with E-state index in [1.807, 2.05) is 42.0 Å². The van der Waals surface area contributed by atoms with Crippen molar-refractivity contribution in [3.8, 4) is 11.3 Å². The smallest absolute Gasteiger partial charge is 0.120 e. The fraction of sp³-hybridized carbons (Fsp3) is 0.500. The van der Waals surface area contributed by atoms with Crippen LogP contribution in [0.25, 0.3) is 11.3 Å². The molecule has 9 heteroatoms. The third kappa shape index (κ3) is 3.08. The highest BCUT2D eigenvalue weighted by Crippen LogP contribution is 2.27. The molecule has 4 rings (SSSR count). The molecular weight excluding hydrogens is 320 g/mol. The molecule has 0 saturated heterocycles. The van der Waals surface area contributed by atoms with E-state index in [4.69, 9.17) is 4.74 Å². The minimum absolute atomic E-state index is 0.251. The molecule has 3 aromatic heterocycles. The van der Waals surface area contributed by atoms with Crippen LogP contribution < -0.4 is 0 Å². The van der Waals surface area contributed by atoms with E-state index in [9.17, 15) is 0 Å². The molecule has 0 fully saturated rings. The van der Waals surface area contributed by atoms with Gasteiger partial charge in [0.2, 0.25) is 0 Å². The van der Waals surface area contributed by atoms with E-state index in [-0.39, 0.29) is 6.04 Å². The predicted molar refractivity (Wildman–Crippen MR) is 90.3 cm³/mol. The van der Waals surface area contributed by atoms with Gasteiger partial charge in [-0.3, -0.25) is 14.3 Å². The fourth-order valence-electron chi connectivity index (χ4n) is 3.36. The van der Waals surface area contributed by atoms with E-state index >= 15 is 0 Å². The second kappa shape index (κ2) is 6.41. The zero-order valence-corrected chi connectivity index (χ0v) is 14.7. The van der Waals surface area contributed by atoms with E-state index in [0.717, 1.165) is 36.6 Å². The number of fused-ring (bicyclic) bond motifs is 1. The molecule has 0 aromatic carbocycles. The highest BCUT2D eigenvalue weighted by atomic mass is 16.5. The number of ether oxygens (including phenoxy) is 1. The van der Waals surface area contributed by atoms with Gasteiger partial charge in [0, 0.05) is 57.8 Å². The van der Waals surface area contributed by atoms with Crippen molar-refractivity contribution in [3.05, 3.63) is 36.0 Å². The van der Waals surface area contributed by atoms with Crippen molar-refractivity contribution in [3.63, 3.8) is 0 Å². The van der Waals surface area contributed by atoms with Crippen LogP contribution >= 0.6 is 0 Å². The first-order valence-corrected chi connectivity index (χ1v) is 8.26. The molecule has 0 radical (unpaired) electrons. The van der Waals surface area contributed by atoms with E-state index in [1.165, 1.54) is 5.56 Å². The normalized spacial score (nSPS) is 17.8. The van der Waals surface area contributed by atoms with Crippen molar-refractivity contribution >= 4 is 0 Å². The fourth-order valence-corrected chi connectivity index (χ4v) is 3.36. The first kappa shape index (κ1) is 16.0. The lowest BCUT2D eigenvalue weighted by atomic mass is 10.1. The molecule has 1 aliphatic rings. The van der Waals surface area contributed by atoms with E-state index < -0.39 is 0 Å². The Morgan fingerprint density at radius 3 is 2.64 bits per heavy atom. The molecule has 4 heterocycles. The Bertz CT molecular complexity index is 863. The average molecular weight is 342 g/mol. The van der Waals surface area contributed by atoms with Gasteiger partial charge in [-0.25, -0.2) is 4.68 Å². The Morgan fingerprint density at radius 2 is 1.96 bits per heavy atom. The number of hydrogen-bond acceptors (Lipinski definition) is 6. The maximum atomic E-state index is 5.43. The van der Waals surface area contributed by atoms with Crippen molar-refractivity contribution in [1.29, 1.82) is 0 Å². The molecule has 0 N–H and O–H groups in total. The number of nitrogens with zero attached hydrogens (tertiary/aromatic N) is 8. The minimum atomic E-state index is 0.251. The molecule has 0 amide bonds. The van der Waals surface area contributed by atoms with Crippen LogP contribution in [0.4, 0.5) is 0 Å². The molecule has 0 saturated carbocycles. The maximum Gasteiger partial charge on any atom is 0.120 e. The van der Waals surface area contributed by atoms with Crippen LogP contribution in [-0.2, 0) is 38.5 Å². The zero-order chi connectivity index (χ0) is 17.4. The van der Waals surface area contributed by atoms with E-state index in [1.54, 1.807) is 11.8 Å². The van der Waals surface area contributed by atoms with Gasteiger partial charge in [-0.1, -0.05) is 5.21 Å². The summed E-state index contributed by atoms with van der Waals surface area (Å²) < 4.78 is 11.0. The molecule has 3 aromatic rings. The summed E-state index contributed by atoms with van der Waals surface area (Å²) in [6, 6.07) is 0.251. The van der Waals surface area contributed by atoms with Gasteiger partial charge in [-0.2, -0.15) is 10.2 Å². The van der Waals surface area contributed by atoms with Gasteiger partial charge in [-0.15, -0.1) is 5.10 Å². The van der Waals surface area contributed by atoms with Crippen LogP contribution in [0.1, 0.15) is 11.3 Å². The van der Waals surface area contributed by atoms with Gasteiger partial charge in [0.05, 0.1) is 37.3 Å². The first-order chi connectivity index (χ1) is 12.1. The predicted octanol–water partition coefficient (Wildman–Crippen LogP) is 0.443. The van der Waals surface area contributed by atoms with Crippen LogP contribution in [-0.4, -0.2) is 59.2 Å². The highest BCUT2D eigenvalue weighted by molar-refractivity contribution is 5.59. The first-order valence-electron chi connectivity index (χ1n) is 8.26. The summed E-state index contributed by atoms with van der Waals surface area (Å²) in [5.41, 5.74) is 4.20. The quantitative estimate of drug-likeness (QED) is 0.670. The topological polar surface area (TPSA) is 78.8 Å². The number of aromatic nitrogens is 7. The standard InChI is InChI=1S/C16H22N8O/c1-21-6-12(4-17-21)7-23-10-15-16(13-5-18-22(2)8-13)19-20-24(15)9-14(23)11-25-3/h4-6,8,14H,7,9-11H2,1-3H3/t14-/m1/s1. The van der Waals surface area contributed by atoms with Gasteiger partial charge in [0.1, 0.15) is 5.69 Å². The summed E-state index contributed by atoms with van der Waals surface area (Å²) in [5, 5.41) is 17.3. The van der Waals surface area contributed by atoms with Crippen LogP contribution in [0.2, 0.25) is 0 Å². The van der Waals surface area contributed by atoms with Crippen LogP contribution in [0.5, 0.6) is 0 Å². The molecule has 1 aliphatic heterocycles. The molecule has 0 bridgehead atoms. The van der Waals surface area contributed by atoms with Gasteiger partial charge in [0.15, 0.2) is 0 Å². The SMILES string of the molecule is COC[C@H]1Cn2nnc(-c3cnn(C)c3)c2CN1Cc1cnn(C)c1. The number of methoxy groups -OCH3 is 1. The van der Waals surface area contributed by atoms with Crippen molar-refractivity contribution in [2.24, 2.45) is 14.1 Å². The lowest BCUT2D eigenvalue weighted by Gasteiger charge is -2.35. The van der Waals surface area contributed by atoms with Gasteiger partial charge in [-0.05, 0) is 0 Å². The zero-order valence-electron chi connectivity index (χ0n) is 14.7. The Labute approximate surface area is 145 Å². The molecule has 1 atom stereocenters. The van der Waals surface area contributed by atoms with E-state index in [0.29, 0.717) is 6.61 Å². The lowest BCUT2D eigenvalue weighted by Crippen LogP contribution is -2.45. The second-order valence-corrected chi connectivity index (χ2v) is 6.51. The van der Waals surface area contributed by atoms with Crippen LogP contribution in [0, 0.1) is 0 Å². The number of rotatable bonds is 5. The van der Waals surface area contributed by atoms with Crippen LogP contribution in [0.3, 0.4) is 0 Å². The maximum absolute atomic E-state index is 5.43. The number of hydrogen-bond donors (Lipinski definition) is 0. The Kier molecular flexibility index (Phi) is 4.10.